The largest absolute Gasteiger partial charge is 0.506 e. The van der Waals surface area contributed by atoms with Crippen LogP contribution in [0, 0.1) is 5.92 Å². The first kappa shape index (κ1) is 14.3. The summed E-state index contributed by atoms with van der Waals surface area (Å²) in [6.45, 7) is 6.35. The first-order chi connectivity index (χ1) is 8.09. The number of phenolic OH excluding ortho intramolecular Hbond substituents is 1. The molecule has 0 aliphatic rings. The number of benzene rings is 1. The third-order valence-electron chi connectivity index (χ3n) is 2.73. The molecule has 96 valence electrons. The second-order valence-corrected chi connectivity index (χ2v) is 5.26. The standard InChI is InChI=1S/C14H22ClNO/c1-11(2)5-3-4-8-16-10-12-6-7-14(17)13(15)9-12/h6-7,9,11,16-17H,3-5,8,10H2,1-2H3. The van der Waals surface area contributed by atoms with Gasteiger partial charge in [-0.15, -0.1) is 0 Å². The number of hydrogen-bond donors (Lipinski definition) is 2. The molecule has 0 bridgehead atoms. The molecule has 0 saturated carbocycles. The average Bonchev–Trinajstić information content (AvgIpc) is 2.27. The minimum Gasteiger partial charge on any atom is -0.506 e. The van der Waals surface area contributed by atoms with Crippen LogP contribution in [0.5, 0.6) is 5.75 Å². The third kappa shape index (κ3) is 5.94. The van der Waals surface area contributed by atoms with Crippen LogP contribution < -0.4 is 5.32 Å². The molecule has 0 aliphatic heterocycles. The second kappa shape index (κ2) is 7.57. The highest BCUT2D eigenvalue weighted by Crippen LogP contribution is 2.23. The van der Waals surface area contributed by atoms with Crippen LogP contribution in [0.3, 0.4) is 0 Å². The highest BCUT2D eigenvalue weighted by atomic mass is 35.5. The molecule has 0 aromatic heterocycles. The summed E-state index contributed by atoms with van der Waals surface area (Å²) in [6.07, 6.45) is 3.79. The fraction of sp³-hybridized carbons (Fsp3) is 0.571. The van der Waals surface area contributed by atoms with Crippen LogP contribution >= 0.6 is 11.6 Å². The van der Waals surface area contributed by atoms with Gasteiger partial charge >= 0.3 is 0 Å². The first-order valence-electron chi connectivity index (χ1n) is 6.27. The molecule has 0 spiro atoms. The van der Waals surface area contributed by atoms with Gasteiger partial charge in [0.05, 0.1) is 5.02 Å². The predicted octanol–water partition coefficient (Wildman–Crippen LogP) is 3.96. The maximum absolute atomic E-state index is 9.28. The van der Waals surface area contributed by atoms with E-state index in [1.807, 2.05) is 6.07 Å². The molecule has 3 heteroatoms. The van der Waals surface area contributed by atoms with E-state index in [2.05, 4.69) is 19.2 Å². The molecule has 1 aromatic rings. The zero-order valence-electron chi connectivity index (χ0n) is 10.7. The van der Waals surface area contributed by atoms with Crippen LogP contribution in [0.2, 0.25) is 5.02 Å². The van der Waals surface area contributed by atoms with Gasteiger partial charge in [-0.2, -0.15) is 0 Å². The SMILES string of the molecule is CC(C)CCCCNCc1ccc(O)c(Cl)c1. The maximum atomic E-state index is 9.28. The quantitative estimate of drug-likeness (QED) is 0.723. The van der Waals surface area contributed by atoms with E-state index in [0.29, 0.717) is 5.02 Å². The van der Waals surface area contributed by atoms with Crippen molar-refractivity contribution < 1.29 is 5.11 Å². The second-order valence-electron chi connectivity index (χ2n) is 4.85. The van der Waals surface area contributed by atoms with E-state index in [1.165, 1.54) is 19.3 Å². The highest BCUT2D eigenvalue weighted by molar-refractivity contribution is 6.32. The topological polar surface area (TPSA) is 32.3 Å². The molecule has 0 unspecified atom stereocenters. The van der Waals surface area contributed by atoms with E-state index in [4.69, 9.17) is 11.6 Å². The van der Waals surface area contributed by atoms with Crippen molar-refractivity contribution >= 4 is 11.6 Å². The summed E-state index contributed by atoms with van der Waals surface area (Å²) in [5, 5.41) is 13.1. The summed E-state index contributed by atoms with van der Waals surface area (Å²) < 4.78 is 0. The molecular formula is C14H22ClNO. The van der Waals surface area contributed by atoms with Crippen molar-refractivity contribution in [3.8, 4) is 5.75 Å². The van der Waals surface area contributed by atoms with Crippen molar-refractivity contribution in [1.29, 1.82) is 0 Å². The Hall–Kier alpha value is -0.730. The molecule has 17 heavy (non-hydrogen) atoms. The van der Waals surface area contributed by atoms with Crippen molar-refractivity contribution in [2.45, 2.75) is 39.7 Å². The average molecular weight is 256 g/mol. The van der Waals surface area contributed by atoms with Crippen molar-refractivity contribution in [3.05, 3.63) is 28.8 Å². The lowest BCUT2D eigenvalue weighted by molar-refractivity contribution is 0.475. The van der Waals surface area contributed by atoms with E-state index >= 15 is 0 Å². The zero-order valence-corrected chi connectivity index (χ0v) is 11.4. The zero-order chi connectivity index (χ0) is 12.7. The van der Waals surface area contributed by atoms with E-state index in [9.17, 15) is 5.11 Å². The van der Waals surface area contributed by atoms with Crippen LogP contribution in [-0.4, -0.2) is 11.7 Å². The molecular weight excluding hydrogens is 234 g/mol. The van der Waals surface area contributed by atoms with E-state index in [0.717, 1.165) is 24.6 Å². The molecule has 0 fully saturated rings. The Morgan fingerprint density at radius 2 is 2.06 bits per heavy atom. The number of unbranched alkanes of at least 4 members (excludes halogenated alkanes) is 1. The molecule has 2 N–H and O–H groups in total. The van der Waals surface area contributed by atoms with E-state index < -0.39 is 0 Å². The van der Waals surface area contributed by atoms with Crippen molar-refractivity contribution in [3.63, 3.8) is 0 Å². The van der Waals surface area contributed by atoms with E-state index in [1.54, 1.807) is 12.1 Å². The predicted molar refractivity (Wildman–Crippen MR) is 73.5 cm³/mol. The molecule has 0 aliphatic carbocycles. The fourth-order valence-electron chi connectivity index (χ4n) is 1.70. The summed E-state index contributed by atoms with van der Waals surface area (Å²) >= 11 is 5.83. The van der Waals surface area contributed by atoms with Crippen molar-refractivity contribution in [2.75, 3.05) is 6.54 Å². The van der Waals surface area contributed by atoms with E-state index in [-0.39, 0.29) is 5.75 Å². The summed E-state index contributed by atoms with van der Waals surface area (Å²) in [6, 6.07) is 5.33. The molecule has 0 saturated heterocycles. The lowest BCUT2D eigenvalue weighted by atomic mass is 10.1. The fourth-order valence-corrected chi connectivity index (χ4v) is 1.90. The Bertz CT molecular complexity index is 339. The van der Waals surface area contributed by atoms with Crippen LogP contribution in [0.25, 0.3) is 0 Å². The number of halogens is 1. The van der Waals surface area contributed by atoms with Gasteiger partial charge in [0.15, 0.2) is 0 Å². The Morgan fingerprint density at radius 1 is 1.29 bits per heavy atom. The van der Waals surface area contributed by atoms with Gasteiger partial charge in [-0.05, 0) is 36.6 Å². The van der Waals surface area contributed by atoms with Gasteiger partial charge in [0.2, 0.25) is 0 Å². The van der Waals surface area contributed by atoms with Crippen LogP contribution in [0.4, 0.5) is 0 Å². The van der Waals surface area contributed by atoms with Gasteiger partial charge in [-0.1, -0.05) is 44.4 Å². The normalized spacial score (nSPS) is 11.1. The van der Waals surface area contributed by atoms with Crippen molar-refractivity contribution in [1.82, 2.24) is 5.32 Å². The third-order valence-corrected chi connectivity index (χ3v) is 3.03. The lowest BCUT2D eigenvalue weighted by Crippen LogP contribution is -2.14. The number of nitrogens with one attached hydrogen (secondary N) is 1. The smallest absolute Gasteiger partial charge is 0.134 e. The highest BCUT2D eigenvalue weighted by Gasteiger charge is 1.99. The molecule has 0 heterocycles. The number of hydrogen-bond acceptors (Lipinski definition) is 2. The maximum Gasteiger partial charge on any atom is 0.134 e. The Labute approximate surface area is 109 Å². The van der Waals surface area contributed by atoms with Gasteiger partial charge in [0.25, 0.3) is 0 Å². The lowest BCUT2D eigenvalue weighted by Gasteiger charge is -2.07. The Kier molecular flexibility index (Phi) is 6.38. The monoisotopic (exact) mass is 255 g/mol. The number of rotatable bonds is 7. The van der Waals surface area contributed by atoms with Gasteiger partial charge in [0, 0.05) is 6.54 Å². The van der Waals surface area contributed by atoms with Gasteiger partial charge < -0.3 is 10.4 Å². The first-order valence-corrected chi connectivity index (χ1v) is 6.65. The summed E-state index contributed by atoms with van der Waals surface area (Å²) in [5.41, 5.74) is 1.11. The molecule has 0 atom stereocenters. The minimum atomic E-state index is 0.146. The minimum absolute atomic E-state index is 0.146. The Balaban J connectivity index is 2.16. The summed E-state index contributed by atoms with van der Waals surface area (Å²) in [7, 11) is 0. The summed E-state index contributed by atoms with van der Waals surface area (Å²) in [5.74, 6) is 0.943. The molecule has 1 aromatic carbocycles. The molecule has 1 rings (SSSR count). The van der Waals surface area contributed by atoms with Crippen LogP contribution in [0.1, 0.15) is 38.7 Å². The number of phenols is 1. The molecule has 0 amide bonds. The van der Waals surface area contributed by atoms with Crippen LogP contribution in [-0.2, 0) is 6.54 Å². The molecule has 0 radical (unpaired) electrons. The number of aromatic hydroxyl groups is 1. The van der Waals surface area contributed by atoms with Gasteiger partial charge in [0.1, 0.15) is 5.75 Å². The Morgan fingerprint density at radius 3 is 2.71 bits per heavy atom. The van der Waals surface area contributed by atoms with Crippen molar-refractivity contribution in [2.24, 2.45) is 5.92 Å². The van der Waals surface area contributed by atoms with Gasteiger partial charge in [-0.3, -0.25) is 0 Å². The van der Waals surface area contributed by atoms with Gasteiger partial charge in [-0.25, -0.2) is 0 Å². The van der Waals surface area contributed by atoms with Crippen LogP contribution in [0.15, 0.2) is 18.2 Å². The molecule has 2 nitrogen and oxygen atoms in total. The summed E-state index contributed by atoms with van der Waals surface area (Å²) in [4.78, 5) is 0.